The highest BCUT2D eigenvalue weighted by Gasteiger charge is 2.36. The fourth-order valence-corrected chi connectivity index (χ4v) is 3.98. The number of rotatable bonds is 11. The van der Waals surface area contributed by atoms with E-state index in [9.17, 15) is 0 Å². The molecule has 0 aliphatic heterocycles. The van der Waals surface area contributed by atoms with Crippen LogP contribution in [-0.2, 0) is 5.54 Å². The maximum absolute atomic E-state index is 5.41. The summed E-state index contributed by atoms with van der Waals surface area (Å²) in [6, 6.07) is 24.9. The smallest absolute Gasteiger partial charge is 0.118 e. The Hall–Kier alpha value is -2.98. The monoisotopic (exact) mass is 419 g/mol. The minimum Gasteiger partial charge on any atom is -0.497 e. The minimum absolute atomic E-state index is 0.515. The fourth-order valence-electron chi connectivity index (χ4n) is 3.98. The molecule has 164 valence electrons. The molecular weight excluding hydrogens is 386 g/mol. The number of hydrogen-bond donors (Lipinski definition) is 1. The van der Waals surface area contributed by atoms with Crippen LogP contribution in [0.4, 0.5) is 0 Å². The number of methoxy groups -OCH3 is 3. The van der Waals surface area contributed by atoms with Gasteiger partial charge in [-0.1, -0.05) is 56.2 Å². The Bertz CT molecular complexity index is 803. The fraction of sp³-hybridized carbons (Fsp3) is 0.333. The Labute approximate surface area is 186 Å². The quantitative estimate of drug-likeness (QED) is 0.316. The van der Waals surface area contributed by atoms with E-state index in [4.69, 9.17) is 14.2 Å². The zero-order valence-corrected chi connectivity index (χ0v) is 19.0. The molecule has 0 atom stereocenters. The summed E-state index contributed by atoms with van der Waals surface area (Å²) in [6.45, 7) is 3.13. The van der Waals surface area contributed by atoms with Crippen LogP contribution < -0.4 is 19.5 Å². The van der Waals surface area contributed by atoms with E-state index in [2.05, 4.69) is 48.6 Å². The topological polar surface area (TPSA) is 39.7 Å². The van der Waals surface area contributed by atoms with Gasteiger partial charge in [0.1, 0.15) is 17.2 Å². The molecule has 4 nitrogen and oxygen atoms in total. The maximum atomic E-state index is 5.41. The molecule has 0 aliphatic rings. The second-order valence-electron chi connectivity index (χ2n) is 7.57. The third kappa shape index (κ3) is 5.02. The zero-order chi connectivity index (χ0) is 22.1. The van der Waals surface area contributed by atoms with Gasteiger partial charge in [0, 0.05) is 0 Å². The van der Waals surface area contributed by atoms with Crippen molar-refractivity contribution in [3.8, 4) is 17.2 Å². The summed E-state index contributed by atoms with van der Waals surface area (Å²) in [5.41, 5.74) is 2.94. The summed E-state index contributed by atoms with van der Waals surface area (Å²) in [5.74, 6) is 2.52. The molecule has 0 heterocycles. The van der Waals surface area contributed by atoms with Gasteiger partial charge in [0.2, 0.25) is 0 Å². The summed E-state index contributed by atoms with van der Waals surface area (Å²) >= 11 is 0. The Balaban J connectivity index is 2.18. The highest BCUT2D eigenvalue weighted by atomic mass is 16.5. The van der Waals surface area contributed by atoms with Gasteiger partial charge < -0.3 is 14.2 Å². The standard InChI is InChI=1S/C27H33NO3/c1-5-6-7-20-28-27(21-8-14-24(29-2)15-9-21,22-10-16-25(30-3)17-11-22)23-12-18-26(31-4)19-13-23/h8-19,28H,5-7,20H2,1-4H3. The highest BCUT2D eigenvalue weighted by molar-refractivity contribution is 5.52. The molecule has 3 rings (SSSR count). The van der Waals surface area contributed by atoms with Gasteiger partial charge in [0.05, 0.1) is 26.9 Å². The molecule has 0 unspecified atom stereocenters. The van der Waals surface area contributed by atoms with Crippen LogP contribution in [0.3, 0.4) is 0 Å². The first-order valence-corrected chi connectivity index (χ1v) is 10.9. The molecule has 0 aliphatic carbocycles. The Kier molecular flexibility index (Phi) is 7.96. The van der Waals surface area contributed by atoms with E-state index in [0.717, 1.165) is 46.9 Å². The second kappa shape index (κ2) is 10.9. The van der Waals surface area contributed by atoms with Gasteiger partial charge in [-0.05, 0) is 66.1 Å². The number of unbranched alkanes of at least 4 members (excludes halogenated alkanes) is 2. The normalized spacial score (nSPS) is 11.2. The molecule has 0 radical (unpaired) electrons. The third-order valence-electron chi connectivity index (χ3n) is 5.74. The van der Waals surface area contributed by atoms with Crippen molar-refractivity contribution in [1.82, 2.24) is 5.32 Å². The molecule has 31 heavy (non-hydrogen) atoms. The molecule has 1 N–H and O–H groups in total. The van der Waals surface area contributed by atoms with Gasteiger partial charge in [-0.2, -0.15) is 0 Å². The number of nitrogens with one attached hydrogen (secondary N) is 1. The largest absolute Gasteiger partial charge is 0.497 e. The molecule has 0 bridgehead atoms. The summed E-state index contributed by atoms with van der Waals surface area (Å²) in [7, 11) is 5.08. The summed E-state index contributed by atoms with van der Waals surface area (Å²) in [5, 5.41) is 3.91. The Morgan fingerprint density at radius 3 is 1.23 bits per heavy atom. The zero-order valence-electron chi connectivity index (χ0n) is 19.0. The SMILES string of the molecule is CCCCCNC(c1ccc(OC)cc1)(c1ccc(OC)cc1)c1ccc(OC)cc1. The third-order valence-corrected chi connectivity index (χ3v) is 5.74. The minimum atomic E-state index is -0.515. The van der Waals surface area contributed by atoms with E-state index in [1.165, 1.54) is 12.8 Å². The first-order valence-electron chi connectivity index (χ1n) is 10.9. The lowest BCUT2D eigenvalue weighted by Crippen LogP contribution is -2.45. The van der Waals surface area contributed by atoms with Crippen molar-refractivity contribution >= 4 is 0 Å². The van der Waals surface area contributed by atoms with Crippen molar-refractivity contribution < 1.29 is 14.2 Å². The van der Waals surface area contributed by atoms with E-state index in [0.29, 0.717) is 0 Å². The van der Waals surface area contributed by atoms with E-state index >= 15 is 0 Å². The molecule has 0 saturated heterocycles. The molecule has 0 spiro atoms. The van der Waals surface area contributed by atoms with Gasteiger partial charge in [0.25, 0.3) is 0 Å². The lowest BCUT2D eigenvalue weighted by atomic mass is 9.76. The predicted octanol–water partition coefficient (Wildman–Crippen LogP) is 5.78. The molecule has 3 aromatic carbocycles. The van der Waals surface area contributed by atoms with Gasteiger partial charge in [-0.15, -0.1) is 0 Å². The van der Waals surface area contributed by atoms with Crippen LogP contribution in [0, 0.1) is 0 Å². The summed E-state index contributed by atoms with van der Waals surface area (Å²) in [4.78, 5) is 0. The Morgan fingerprint density at radius 1 is 0.581 bits per heavy atom. The molecule has 0 saturated carbocycles. The van der Waals surface area contributed by atoms with Crippen molar-refractivity contribution in [3.63, 3.8) is 0 Å². The maximum Gasteiger partial charge on any atom is 0.118 e. The molecular formula is C27H33NO3. The van der Waals surface area contributed by atoms with Crippen LogP contribution in [0.15, 0.2) is 72.8 Å². The van der Waals surface area contributed by atoms with Crippen LogP contribution in [-0.4, -0.2) is 27.9 Å². The van der Waals surface area contributed by atoms with Crippen LogP contribution >= 0.6 is 0 Å². The molecule has 0 amide bonds. The van der Waals surface area contributed by atoms with Gasteiger partial charge in [0.15, 0.2) is 0 Å². The lowest BCUT2D eigenvalue weighted by molar-refractivity contribution is 0.410. The van der Waals surface area contributed by atoms with Crippen molar-refractivity contribution in [2.75, 3.05) is 27.9 Å². The molecule has 3 aromatic rings. The van der Waals surface area contributed by atoms with Gasteiger partial charge >= 0.3 is 0 Å². The summed E-state index contributed by atoms with van der Waals surface area (Å²) < 4.78 is 16.2. The van der Waals surface area contributed by atoms with Crippen molar-refractivity contribution in [2.45, 2.75) is 31.7 Å². The number of benzene rings is 3. The predicted molar refractivity (Wildman–Crippen MR) is 126 cm³/mol. The number of hydrogen-bond acceptors (Lipinski definition) is 4. The van der Waals surface area contributed by atoms with Crippen LogP contribution in [0.1, 0.15) is 42.9 Å². The first kappa shape index (κ1) is 22.7. The van der Waals surface area contributed by atoms with E-state index in [1.807, 2.05) is 36.4 Å². The van der Waals surface area contributed by atoms with Crippen molar-refractivity contribution in [3.05, 3.63) is 89.5 Å². The second-order valence-corrected chi connectivity index (χ2v) is 7.57. The van der Waals surface area contributed by atoms with E-state index in [1.54, 1.807) is 21.3 Å². The summed E-state index contributed by atoms with van der Waals surface area (Å²) in [6.07, 6.45) is 3.49. The molecule has 0 fully saturated rings. The van der Waals surface area contributed by atoms with E-state index in [-0.39, 0.29) is 0 Å². The van der Waals surface area contributed by atoms with Crippen molar-refractivity contribution in [2.24, 2.45) is 0 Å². The average molecular weight is 420 g/mol. The average Bonchev–Trinajstić information content (AvgIpc) is 2.85. The van der Waals surface area contributed by atoms with Crippen LogP contribution in [0.5, 0.6) is 17.2 Å². The Morgan fingerprint density at radius 2 is 0.935 bits per heavy atom. The first-order chi connectivity index (χ1) is 15.2. The number of ether oxygens (including phenoxy) is 3. The van der Waals surface area contributed by atoms with Gasteiger partial charge in [-0.25, -0.2) is 0 Å². The van der Waals surface area contributed by atoms with Gasteiger partial charge in [-0.3, -0.25) is 5.32 Å². The highest BCUT2D eigenvalue weighted by Crippen LogP contribution is 2.39. The van der Waals surface area contributed by atoms with E-state index < -0.39 is 5.54 Å². The van der Waals surface area contributed by atoms with Crippen LogP contribution in [0.2, 0.25) is 0 Å². The lowest BCUT2D eigenvalue weighted by Gasteiger charge is -2.37. The molecule has 4 heteroatoms. The molecule has 0 aromatic heterocycles. The van der Waals surface area contributed by atoms with Crippen molar-refractivity contribution in [1.29, 1.82) is 0 Å². The van der Waals surface area contributed by atoms with Crippen LogP contribution in [0.25, 0.3) is 0 Å².